The van der Waals surface area contributed by atoms with Crippen LogP contribution >= 0.6 is 11.6 Å². The molecule has 0 aromatic heterocycles. The van der Waals surface area contributed by atoms with Gasteiger partial charge in [0.25, 0.3) is 10.0 Å². The zero-order chi connectivity index (χ0) is 27.9. The topological polar surface area (TPSA) is 86.8 Å². The van der Waals surface area contributed by atoms with E-state index in [2.05, 4.69) is 5.32 Å². The molecule has 1 N–H and O–H groups in total. The summed E-state index contributed by atoms with van der Waals surface area (Å²) in [7, 11) is -4.25. The van der Waals surface area contributed by atoms with Crippen LogP contribution in [-0.2, 0) is 26.2 Å². The van der Waals surface area contributed by atoms with Gasteiger partial charge < -0.3 is 10.2 Å². The van der Waals surface area contributed by atoms with E-state index in [0.29, 0.717) is 11.4 Å². The van der Waals surface area contributed by atoms with Crippen LogP contribution in [0.3, 0.4) is 0 Å². The number of anilines is 1. The summed E-state index contributed by atoms with van der Waals surface area (Å²) >= 11 is 6.01. The van der Waals surface area contributed by atoms with Crippen LogP contribution in [0.5, 0.6) is 0 Å². The van der Waals surface area contributed by atoms with Gasteiger partial charge in [0.15, 0.2) is 0 Å². The number of sulfonamides is 1. The molecule has 2 atom stereocenters. The number of rotatable bonds is 11. The van der Waals surface area contributed by atoms with Crippen molar-refractivity contribution in [3.8, 4) is 0 Å². The Kier molecular flexibility index (Phi) is 9.88. The number of carbonyl (C=O) groups excluding carboxylic acids is 2. The van der Waals surface area contributed by atoms with Crippen LogP contribution in [-0.4, -0.2) is 43.8 Å². The predicted octanol–water partition coefficient (Wildman–Crippen LogP) is 5.01. The monoisotopic (exact) mass is 559 g/mol. The van der Waals surface area contributed by atoms with Crippen LogP contribution in [0, 0.1) is 5.82 Å². The zero-order valence-electron chi connectivity index (χ0n) is 21.5. The highest BCUT2D eigenvalue weighted by atomic mass is 35.5. The number of hydrogen-bond donors (Lipinski definition) is 1. The van der Waals surface area contributed by atoms with E-state index in [-0.39, 0.29) is 29.1 Å². The van der Waals surface area contributed by atoms with Crippen molar-refractivity contribution in [3.05, 3.63) is 95.3 Å². The van der Waals surface area contributed by atoms with Crippen molar-refractivity contribution in [2.24, 2.45) is 0 Å². The van der Waals surface area contributed by atoms with E-state index >= 15 is 0 Å². The van der Waals surface area contributed by atoms with Crippen molar-refractivity contribution in [2.75, 3.05) is 10.8 Å². The average Bonchev–Trinajstić information content (AvgIpc) is 2.91. The number of nitrogens with one attached hydrogen (secondary N) is 1. The smallest absolute Gasteiger partial charge is 0.264 e. The van der Waals surface area contributed by atoms with Crippen LogP contribution in [0.15, 0.2) is 83.8 Å². The Morgan fingerprint density at radius 2 is 1.55 bits per heavy atom. The van der Waals surface area contributed by atoms with E-state index in [4.69, 9.17) is 11.6 Å². The van der Waals surface area contributed by atoms with Crippen LogP contribution in [0.25, 0.3) is 0 Å². The molecule has 3 aromatic carbocycles. The molecule has 0 heterocycles. The van der Waals surface area contributed by atoms with Crippen molar-refractivity contribution in [3.63, 3.8) is 0 Å². The molecular formula is C28H31ClFN3O4S. The van der Waals surface area contributed by atoms with Crippen molar-refractivity contribution in [1.29, 1.82) is 0 Å². The number of benzene rings is 3. The number of halogens is 2. The molecule has 0 radical (unpaired) electrons. The molecule has 0 saturated carbocycles. The first-order valence-corrected chi connectivity index (χ1v) is 14.0. The average molecular weight is 560 g/mol. The summed E-state index contributed by atoms with van der Waals surface area (Å²) in [6.07, 6.45) is 0.710. The van der Waals surface area contributed by atoms with E-state index in [1.807, 2.05) is 13.8 Å². The normalized spacial score (nSPS) is 12.9. The standard InChI is InChI=1S/C28H31ClFN3O4S/c1-4-20(2)31-28(35)21(3)32(18-22-10-12-23(29)13-11-22)27(34)19-33(25-8-6-5-7-9-25)38(36,37)26-16-14-24(30)15-17-26/h5-17,20-21H,4,18-19H2,1-3H3,(H,31,35)/t20-,21+/m1/s1. The van der Waals surface area contributed by atoms with Crippen molar-refractivity contribution >= 4 is 39.1 Å². The predicted molar refractivity (Wildman–Crippen MR) is 147 cm³/mol. The Morgan fingerprint density at radius 1 is 0.947 bits per heavy atom. The second-order valence-electron chi connectivity index (χ2n) is 8.94. The summed E-state index contributed by atoms with van der Waals surface area (Å²) in [5.74, 6) is -1.52. The molecule has 2 amide bonds. The lowest BCUT2D eigenvalue weighted by molar-refractivity contribution is -0.139. The van der Waals surface area contributed by atoms with Crippen LogP contribution < -0.4 is 9.62 Å². The first kappa shape index (κ1) is 29.1. The molecule has 38 heavy (non-hydrogen) atoms. The number of carbonyl (C=O) groups is 2. The fraction of sp³-hybridized carbons (Fsp3) is 0.286. The fourth-order valence-corrected chi connectivity index (χ4v) is 5.23. The second-order valence-corrected chi connectivity index (χ2v) is 11.2. The van der Waals surface area contributed by atoms with Crippen molar-refractivity contribution < 1.29 is 22.4 Å². The van der Waals surface area contributed by atoms with Gasteiger partial charge in [-0.15, -0.1) is 0 Å². The molecule has 0 spiro atoms. The minimum atomic E-state index is -4.25. The molecule has 0 aliphatic rings. The van der Waals surface area contributed by atoms with E-state index in [9.17, 15) is 22.4 Å². The van der Waals surface area contributed by atoms with Crippen LogP contribution in [0.2, 0.25) is 5.02 Å². The first-order valence-electron chi connectivity index (χ1n) is 12.2. The summed E-state index contributed by atoms with van der Waals surface area (Å²) < 4.78 is 41.7. The highest BCUT2D eigenvalue weighted by Gasteiger charge is 2.32. The molecule has 3 aromatic rings. The minimum Gasteiger partial charge on any atom is -0.352 e. The molecule has 7 nitrogen and oxygen atoms in total. The molecule has 202 valence electrons. The quantitative estimate of drug-likeness (QED) is 0.358. The lowest BCUT2D eigenvalue weighted by Gasteiger charge is -2.32. The van der Waals surface area contributed by atoms with Gasteiger partial charge in [-0.25, -0.2) is 12.8 Å². The minimum absolute atomic E-state index is 0.0598. The molecule has 0 aliphatic heterocycles. The van der Waals surface area contributed by atoms with Crippen LogP contribution in [0.4, 0.5) is 10.1 Å². The van der Waals surface area contributed by atoms with Gasteiger partial charge in [0.05, 0.1) is 10.6 Å². The van der Waals surface area contributed by atoms with Gasteiger partial charge in [-0.05, 0) is 74.4 Å². The van der Waals surface area contributed by atoms with Gasteiger partial charge in [0.1, 0.15) is 18.4 Å². The van der Waals surface area contributed by atoms with Crippen molar-refractivity contribution in [2.45, 2.75) is 50.7 Å². The summed E-state index contributed by atoms with van der Waals surface area (Å²) in [6, 6.07) is 18.4. The number of para-hydroxylation sites is 1. The van der Waals surface area contributed by atoms with Gasteiger partial charge in [-0.1, -0.05) is 48.9 Å². The van der Waals surface area contributed by atoms with Gasteiger partial charge >= 0.3 is 0 Å². The lowest BCUT2D eigenvalue weighted by atomic mass is 10.1. The first-order chi connectivity index (χ1) is 18.0. The fourth-order valence-electron chi connectivity index (χ4n) is 3.69. The Hall–Kier alpha value is -3.43. The van der Waals surface area contributed by atoms with Gasteiger partial charge in [0.2, 0.25) is 11.8 Å². The molecule has 0 fully saturated rings. The highest BCUT2D eigenvalue weighted by molar-refractivity contribution is 7.92. The maximum absolute atomic E-state index is 13.8. The van der Waals surface area contributed by atoms with E-state index < -0.39 is 34.3 Å². The second kappa shape index (κ2) is 12.9. The number of hydrogen-bond acceptors (Lipinski definition) is 4. The van der Waals surface area contributed by atoms with Crippen molar-refractivity contribution in [1.82, 2.24) is 10.2 Å². The zero-order valence-corrected chi connectivity index (χ0v) is 23.0. The van der Waals surface area contributed by atoms with Gasteiger partial charge in [-0.2, -0.15) is 0 Å². The third kappa shape index (κ3) is 7.33. The van der Waals surface area contributed by atoms with E-state index in [0.717, 1.165) is 34.1 Å². The Labute approximate surface area is 228 Å². The highest BCUT2D eigenvalue weighted by Crippen LogP contribution is 2.25. The summed E-state index contributed by atoms with van der Waals surface area (Å²) in [5, 5.41) is 3.41. The van der Waals surface area contributed by atoms with Crippen LogP contribution in [0.1, 0.15) is 32.8 Å². The molecule has 0 saturated heterocycles. The maximum Gasteiger partial charge on any atom is 0.264 e. The Bertz CT molecular complexity index is 1340. The molecular weight excluding hydrogens is 529 g/mol. The van der Waals surface area contributed by atoms with E-state index in [1.165, 1.54) is 4.90 Å². The third-order valence-electron chi connectivity index (χ3n) is 6.16. The van der Waals surface area contributed by atoms with Gasteiger partial charge in [0, 0.05) is 17.6 Å². The summed E-state index contributed by atoms with van der Waals surface area (Å²) in [5.41, 5.74) is 0.979. The van der Waals surface area contributed by atoms with Gasteiger partial charge in [-0.3, -0.25) is 13.9 Å². The Morgan fingerprint density at radius 3 is 2.13 bits per heavy atom. The lowest BCUT2D eigenvalue weighted by Crippen LogP contribution is -2.52. The summed E-state index contributed by atoms with van der Waals surface area (Å²) in [4.78, 5) is 28.0. The maximum atomic E-state index is 13.8. The number of nitrogens with zero attached hydrogens (tertiary/aromatic N) is 2. The SMILES string of the molecule is CC[C@@H](C)NC(=O)[C@H](C)N(Cc1ccc(Cl)cc1)C(=O)CN(c1ccccc1)S(=O)(=O)c1ccc(F)cc1. The third-order valence-corrected chi connectivity index (χ3v) is 8.20. The van der Waals surface area contributed by atoms with E-state index in [1.54, 1.807) is 61.5 Å². The molecule has 0 aliphatic carbocycles. The molecule has 3 rings (SSSR count). The largest absolute Gasteiger partial charge is 0.352 e. The molecule has 0 unspecified atom stereocenters. The molecule has 0 bridgehead atoms. The number of amides is 2. The summed E-state index contributed by atoms with van der Waals surface area (Å²) in [6.45, 7) is 4.89. The Balaban J connectivity index is 1.99. The molecule has 10 heteroatoms.